The van der Waals surface area contributed by atoms with Crippen LogP contribution in [0.25, 0.3) is 0 Å². The van der Waals surface area contributed by atoms with Crippen LogP contribution in [0.5, 0.6) is 0 Å². The lowest BCUT2D eigenvalue weighted by Gasteiger charge is -2.01. The number of aliphatic hydroxyl groups excluding tert-OH is 1. The molecule has 1 rings (SSSR count). The van der Waals surface area contributed by atoms with E-state index in [1.54, 1.807) is 0 Å². The molecule has 0 unspecified atom stereocenters. The van der Waals surface area contributed by atoms with Crippen LogP contribution in [0.15, 0.2) is 24.3 Å². The fourth-order valence-corrected chi connectivity index (χ4v) is 2.10. The zero-order chi connectivity index (χ0) is 11.6. The summed E-state index contributed by atoms with van der Waals surface area (Å²) >= 11 is 1.84. The second-order valence-electron chi connectivity index (χ2n) is 3.33. The maximum absolute atomic E-state index is 8.64. The van der Waals surface area contributed by atoms with E-state index in [2.05, 4.69) is 24.0 Å². The molecule has 3 heteroatoms. The molecule has 0 aliphatic carbocycles. The fraction of sp³-hybridized carbons (Fsp3) is 0.385. The molecule has 0 aliphatic rings. The predicted octanol–water partition coefficient (Wildman–Crippen LogP) is 1.61. The van der Waals surface area contributed by atoms with Crippen LogP contribution in [0, 0.1) is 11.8 Å². The average Bonchev–Trinajstić information content (AvgIpc) is 2.33. The monoisotopic (exact) mass is 235 g/mol. The maximum atomic E-state index is 8.64. The first kappa shape index (κ1) is 13.1. The van der Waals surface area contributed by atoms with Crippen LogP contribution in [0.1, 0.15) is 17.5 Å². The Morgan fingerprint density at radius 3 is 2.62 bits per heavy atom. The molecule has 0 amide bonds. The van der Waals surface area contributed by atoms with Crippen LogP contribution >= 0.6 is 11.8 Å². The Kier molecular flexibility index (Phi) is 6.75. The van der Waals surface area contributed by atoms with Gasteiger partial charge in [0.25, 0.3) is 0 Å². The number of thioether (sulfide) groups is 1. The van der Waals surface area contributed by atoms with Gasteiger partial charge >= 0.3 is 0 Å². The third kappa shape index (κ3) is 5.22. The van der Waals surface area contributed by atoms with Crippen molar-refractivity contribution in [1.29, 1.82) is 0 Å². The lowest BCUT2D eigenvalue weighted by atomic mass is 10.1. The molecule has 0 fully saturated rings. The van der Waals surface area contributed by atoms with Crippen molar-refractivity contribution in [2.45, 2.75) is 12.2 Å². The van der Waals surface area contributed by atoms with E-state index in [1.807, 2.05) is 23.9 Å². The predicted molar refractivity (Wildman–Crippen MR) is 70.2 cm³/mol. The second-order valence-corrected chi connectivity index (χ2v) is 4.44. The summed E-state index contributed by atoms with van der Waals surface area (Å²) < 4.78 is 0. The minimum atomic E-state index is 0.278. The largest absolute Gasteiger partial charge is 0.396 e. The number of rotatable bonds is 5. The zero-order valence-electron chi connectivity index (χ0n) is 9.28. The molecule has 2 nitrogen and oxygen atoms in total. The Morgan fingerprint density at radius 1 is 1.25 bits per heavy atom. The number of nitrogens with two attached hydrogens (primary N) is 1. The molecule has 1 aromatic rings. The van der Waals surface area contributed by atoms with Gasteiger partial charge in [-0.3, -0.25) is 0 Å². The first-order valence-electron chi connectivity index (χ1n) is 5.33. The Bertz CT molecular complexity index is 350. The van der Waals surface area contributed by atoms with Crippen molar-refractivity contribution in [1.82, 2.24) is 0 Å². The molecular formula is C13H17NOS. The Labute approximate surface area is 101 Å². The minimum absolute atomic E-state index is 0.278. The summed E-state index contributed by atoms with van der Waals surface area (Å²) in [5.41, 5.74) is 7.60. The molecule has 0 aliphatic heterocycles. The van der Waals surface area contributed by atoms with Crippen molar-refractivity contribution in [3.63, 3.8) is 0 Å². The molecule has 86 valence electrons. The van der Waals surface area contributed by atoms with Crippen molar-refractivity contribution in [2.75, 3.05) is 18.9 Å². The molecule has 0 atom stereocenters. The van der Waals surface area contributed by atoms with Crippen molar-refractivity contribution in [3.8, 4) is 11.8 Å². The number of hydrogen-bond donors (Lipinski definition) is 2. The number of benzene rings is 1. The van der Waals surface area contributed by atoms with Gasteiger partial charge in [0.05, 0.1) is 6.54 Å². The molecule has 0 spiro atoms. The normalized spacial score (nSPS) is 9.62. The van der Waals surface area contributed by atoms with Crippen molar-refractivity contribution >= 4 is 11.8 Å². The van der Waals surface area contributed by atoms with Crippen LogP contribution in [0.2, 0.25) is 0 Å². The molecule has 0 radical (unpaired) electrons. The highest BCUT2D eigenvalue weighted by Gasteiger charge is 1.93. The van der Waals surface area contributed by atoms with Gasteiger partial charge in [0.15, 0.2) is 0 Å². The molecule has 1 aromatic carbocycles. The van der Waals surface area contributed by atoms with Gasteiger partial charge in [-0.25, -0.2) is 0 Å². The molecule has 3 N–H and O–H groups in total. The van der Waals surface area contributed by atoms with Gasteiger partial charge in [-0.05, 0) is 29.9 Å². The van der Waals surface area contributed by atoms with Crippen LogP contribution in [-0.2, 0) is 5.75 Å². The van der Waals surface area contributed by atoms with Gasteiger partial charge in [0.1, 0.15) is 0 Å². The number of hydrogen-bond acceptors (Lipinski definition) is 3. The highest BCUT2D eigenvalue weighted by molar-refractivity contribution is 7.98. The highest BCUT2D eigenvalue weighted by atomic mass is 32.2. The second kappa shape index (κ2) is 8.23. The first-order chi connectivity index (χ1) is 7.86. The third-order valence-corrected chi connectivity index (χ3v) is 3.12. The summed E-state index contributed by atoms with van der Waals surface area (Å²) in [4.78, 5) is 0. The summed E-state index contributed by atoms with van der Waals surface area (Å²) in [5.74, 6) is 7.82. The lowest BCUT2D eigenvalue weighted by molar-refractivity contribution is 0.296. The maximum Gasteiger partial charge on any atom is 0.0555 e. The minimum Gasteiger partial charge on any atom is -0.396 e. The van der Waals surface area contributed by atoms with E-state index in [1.165, 1.54) is 5.56 Å². The first-order valence-corrected chi connectivity index (χ1v) is 6.49. The quantitative estimate of drug-likeness (QED) is 0.602. The van der Waals surface area contributed by atoms with E-state index in [4.69, 9.17) is 10.8 Å². The molecule has 16 heavy (non-hydrogen) atoms. The van der Waals surface area contributed by atoms with E-state index in [0.717, 1.165) is 23.5 Å². The molecule has 0 heterocycles. The van der Waals surface area contributed by atoms with Gasteiger partial charge in [0.2, 0.25) is 0 Å². The smallest absolute Gasteiger partial charge is 0.0555 e. The van der Waals surface area contributed by atoms with E-state index in [-0.39, 0.29) is 6.61 Å². The topological polar surface area (TPSA) is 46.2 Å². The van der Waals surface area contributed by atoms with Gasteiger partial charge < -0.3 is 10.8 Å². The van der Waals surface area contributed by atoms with Gasteiger partial charge in [-0.2, -0.15) is 11.8 Å². The van der Waals surface area contributed by atoms with Crippen LogP contribution in [0.4, 0.5) is 0 Å². The molecular weight excluding hydrogens is 218 g/mol. The molecule has 0 saturated heterocycles. The van der Waals surface area contributed by atoms with Crippen LogP contribution in [0.3, 0.4) is 0 Å². The summed E-state index contributed by atoms with van der Waals surface area (Å²) in [6.07, 6.45) is 0.866. The zero-order valence-corrected chi connectivity index (χ0v) is 10.1. The average molecular weight is 235 g/mol. The van der Waals surface area contributed by atoms with Crippen molar-refractivity contribution in [3.05, 3.63) is 35.4 Å². The SMILES string of the molecule is NCC#Cc1ccc(CSCCCO)cc1. The van der Waals surface area contributed by atoms with E-state index in [9.17, 15) is 0 Å². The van der Waals surface area contributed by atoms with Crippen LogP contribution < -0.4 is 5.73 Å². The summed E-state index contributed by atoms with van der Waals surface area (Å²) in [6.45, 7) is 0.680. The molecule has 0 aromatic heterocycles. The summed E-state index contributed by atoms with van der Waals surface area (Å²) in [5, 5.41) is 8.64. The Balaban J connectivity index is 2.39. The van der Waals surface area contributed by atoms with Crippen molar-refractivity contribution < 1.29 is 5.11 Å². The standard InChI is InChI=1S/C13H17NOS/c14-8-1-3-12-4-6-13(7-5-12)11-16-10-2-9-15/h4-7,15H,2,8-11,14H2. The van der Waals surface area contributed by atoms with E-state index >= 15 is 0 Å². The lowest BCUT2D eigenvalue weighted by Crippen LogP contribution is -1.93. The Morgan fingerprint density at radius 2 is 2.00 bits per heavy atom. The molecule has 0 bridgehead atoms. The van der Waals surface area contributed by atoms with E-state index in [0.29, 0.717) is 6.54 Å². The van der Waals surface area contributed by atoms with E-state index < -0.39 is 0 Å². The van der Waals surface area contributed by atoms with Gasteiger partial charge in [-0.15, -0.1) is 0 Å². The van der Waals surface area contributed by atoms with Gasteiger partial charge in [-0.1, -0.05) is 24.0 Å². The third-order valence-electron chi connectivity index (χ3n) is 2.00. The highest BCUT2D eigenvalue weighted by Crippen LogP contribution is 2.13. The van der Waals surface area contributed by atoms with Gasteiger partial charge in [0, 0.05) is 17.9 Å². The summed E-state index contributed by atoms with van der Waals surface area (Å²) in [6, 6.07) is 8.22. The van der Waals surface area contributed by atoms with Crippen LogP contribution in [-0.4, -0.2) is 24.0 Å². The molecule has 0 saturated carbocycles. The fourth-order valence-electron chi connectivity index (χ4n) is 1.19. The van der Waals surface area contributed by atoms with Crippen molar-refractivity contribution in [2.24, 2.45) is 5.73 Å². The summed E-state index contributed by atoms with van der Waals surface area (Å²) in [7, 11) is 0. The number of aliphatic hydroxyl groups is 1. The Hall–Kier alpha value is -0.950.